The van der Waals surface area contributed by atoms with Crippen molar-refractivity contribution in [1.29, 1.82) is 0 Å². The van der Waals surface area contributed by atoms with Crippen LogP contribution in [0.3, 0.4) is 0 Å². The summed E-state index contributed by atoms with van der Waals surface area (Å²) in [5, 5.41) is 0. The highest BCUT2D eigenvalue weighted by molar-refractivity contribution is 9.10. The first kappa shape index (κ1) is 19.6. The third-order valence-corrected chi connectivity index (χ3v) is 5.34. The van der Waals surface area contributed by atoms with E-state index in [4.69, 9.17) is 4.42 Å². The Morgan fingerprint density at radius 1 is 1.07 bits per heavy atom. The lowest BCUT2D eigenvalue weighted by atomic mass is 10.1. The van der Waals surface area contributed by atoms with Crippen molar-refractivity contribution < 1.29 is 14.0 Å². The molecule has 27 heavy (non-hydrogen) atoms. The van der Waals surface area contributed by atoms with Crippen LogP contribution in [0.25, 0.3) is 0 Å². The second-order valence-corrected chi connectivity index (χ2v) is 7.69. The number of piperazine rings is 1. The van der Waals surface area contributed by atoms with Gasteiger partial charge in [0.25, 0.3) is 11.8 Å². The third kappa shape index (κ3) is 4.25. The van der Waals surface area contributed by atoms with Gasteiger partial charge in [-0.2, -0.15) is 0 Å². The summed E-state index contributed by atoms with van der Waals surface area (Å²) in [7, 11) is 1.65. The molecule has 0 bridgehead atoms. The van der Waals surface area contributed by atoms with E-state index in [-0.39, 0.29) is 17.6 Å². The Morgan fingerprint density at radius 3 is 2.33 bits per heavy atom. The summed E-state index contributed by atoms with van der Waals surface area (Å²) < 4.78 is 5.86. The van der Waals surface area contributed by atoms with E-state index < -0.39 is 0 Å². The Hall–Kier alpha value is -2.12. The summed E-state index contributed by atoms with van der Waals surface area (Å²) in [6, 6.07) is 11.0. The van der Waals surface area contributed by atoms with Gasteiger partial charge in [0.2, 0.25) is 0 Å². The second-order valence-electron chi connectivity index (χ2n) is 6.91. The molecule has 7 heteroatoms. The summed E-state index contributed by atoms with van der Waals surface area (Å²) in [5.41, 5.74) is 1.10. The number of halogens is 1. The van der Waals surface area contributed by atoms with E-state index in [9.17, 15) is 9.59 Å². The number of amides is 2. The number of anilines is 1. The molecule has 2 amide bonds. The van der Waals surface area contributed by atoms with Crippen molar-refractivity contribution in [2.45, 2.75) is 19.9 Å². The van der Waals surface area contributed by atoms with Crippen molar-refractivity contribution in [2.24, 2.45) is 0 Å². The summed E-state index contributed by atoms with van der Waals surface area (Å²) in [5.74, 6) is -0.128. The first-order valence-corrected chi connectivity index (χ1v) is 9.83. The molecule has 2 heterocycles. The molecule has 2 aromatic rings. The fraction of sp³-hybridized carbons (Fsp3) is 0.400. The van der Waals surface area contributed by atoms with Gasteiger partial charge in [0.05, 0.1) is 11.3 Å². The lowest BCUT2D eigenvalue weighted by Gasteiger charge is -2.37. The van der Waals surface area contributed by atoms with Gasteiger partial charge in [0.15, 0.2) is 10.4 Å². The highest BCUT2D eigenvalue weighted by Crippen LogP contribution is 2.24. The Labute approximate surface area is 167 Å². The highest BCUT2D eigenvalue weighted by Gasteiger charge is 2.27. The van der Waals surface area contributed by atoms with Gasteiger partial charge in [-0.3, -0.25) is 14.5 Å². The van der Waals surface area contributed by atoms with E-state index in [0.29, 0.717) is 35.1 Å². The number of nitrogens with zero attached hydrogens (tertiary/aromatic N) is 3. The van der Waals surface area contributed by atoms with Gasteiger partial charge >= 0.3 is 0 Å². The van der Waals surface area contributed by atoms with Crippen LogP contribution in [0, 0.1) is 0 Å². The minimum absolute atomic E-state index is 0.0470. The van der Waals surface area contributed by atoms with Crippen LogP contribution in [-0.4, -0.2) is 60.9 Å². The number of carbonyl (C=O) groups excluding carboxylic acids is 2. The summed E-state index contributed by atoms with van der Waals surface area (Å²) in [6.07, 6.45) is 0. The standard InChI is InChI=1S/C20H24BrN3O3/c1-14(2)23-10-12-24(13-11-23)19(25)15-6-4-5-7-16(15)22(3)20(26)17-8-9-18(21)27-17/h4-9,14H,10-13H2,1-3H3. The molecule has 0 radical (unpaired) electrons. The van der Waals surface area contributed by atoms with Gasteiger partial charge in [-0.05, 0) is 54.0 Å². The van der Waals surface area contributed by atoms with Gasteiger partial charge in [-0.25, -0.2) is 0 Å². The average Bonchev–Trinajstić information content (AvgIpc) is 3.12. The normalized spacial score (nSPS) is 15.2. The van der Waals surface area contributed by atoms with E-state index in [2.05, 4.69) is 34.7 Å². The van der Waals surface area contributed by atoms with Crippen LogP contribution in [0.2, 0.25) is 0 Å². The number of hydrogen-bond acceptors (Lipinski definition) is 4. The van der Waals surface area contributed by atoms with Crippen molar-refractivity contribution in [3.8, 4) is 0 Å². The molecule has 3 rings (SSSR count). The van der Waals surface area contributed by atoms with Crippen molar-refractivity contribution in [2.75, 3.05) is 38.1 Å². The molecule has 6 nitrogen and oxygen atoms in total. The Morgan fingerprint density at radius 2 is 1.74 bits per heavy atom. The zero-order chi connectivity index (χ0) is 19.6. The van der Waals surface area contributed by atoms with Gasteiger partial charge < -0.3 is 14.2 Å². The first-order valence-electron chi connectivity index (χ1n) is 9.04. The zero-order valence-electron chi connectivity index (χ0n) is 15.8. The maximum Gasteiger partial charge on any atom is 0.293 e. The van der Waals surface area contributed by atoms with Crippen LogP contribution in [0.15, 0.2) is 45.5 Å². The summed E-state index contributed by atoms with van der Waals surface area (Å²) in [4.78, 5) is 31.5. The molecular formula is C20H24BrN3O3. The molecule has 0 aliphatic carbocycles. The van der Waals surface area contributed by atoms with Crippen molar-refractivity contribution in [1.82, 2.24) is 9.80 Å². The van der Waals surface area contributed by atoms with Crippen molar-refractivity contribution in [3.63, 3.8) is 0 Å². The molecule has 144 valence electrons. The molecule has 1 aliphatic heterocycles. The number of hydrogen-bond donors (Lipinski definition) is 0. The molecule has 0 spiro atoms. The molecule has 1 saturated heterocycles. The molecule has 1 aromatic carbocycles. The number of rotatable bonds is 4. The minimum Gasteiger partial charge on any atom is -0.444 e. The molecule has 0 unspecified atom stereocenters. The topological polar surface area (TPSA) is 57.0 Å². The van der Waals surface area contributed by atoms with Gasteiger partial charge in [0, 0.05) is 39.3 Å². The van der Waals surface area contributed by atoms with Crippen LogP contribution in [0.1, 0.15) is 34.8 Å². The Bertz CT molecular complexity index is 825. The first-order chi connectivity index (χ1) is 12.9. The van der Waals surface area contributed by atoms with E-state index in [0.717, 1.165) is 13.1 Å². The number of para-hydroxylation sites is 1. The van der Waals surface area contributed by atoms with Crippen molar-refractivity contribution >= 4 is 33.4 Å². The molecule has 0 N–H and O–H groups in total. The Balaban J connectivity index is 1.79. The maximum absolute atomic E-state index is 13.1. The monoisotopic (exact) mass is 433 g/mol. The van der Waals surface area contributed by atoms with Crippen LogP contribution in [0.4, 0.5) is 5.69 Å². The lowest BCUT2D eigenvalue weighted by Crippen LogP contribution is -2.50. The van der Waals surface area contributed by atoms with Crippen LogP contribution >= 0.6 is 15.9 Å². The molecule has 0 saturated carbocycles. The van der Waals surface area contributed by atoms with Crippen LogP contribution in [0.5, 0.6) is 0 Å². The summed E-state index contributed by atoms with van der Waals surface area (Å²) >= 11 is 3.21. The number of furan rings is 1. The molecular weight excluding hydrogens is 410 g/mol. The van der Waals surface area contributed by atoms with Crippen molar-refractivity contribution in [3.05, 3.63) is 52.4 Å². The average molecular weight is 434 g/mol. The van der Waals surface area contributed by atoms with E-state index >= 15 is 0 Å². The fourth-order valence-corrected chi connectivity index (χ4v) is 3.57. The molecule has 1 aromatic heterocycles. The zero-order valence-corrected chi connectivity index (χ0v) is 17.4. The van der Waals surface area contributed by atoms with E-state index in [1.54, 1.807) is 31.3 Å². The predicted octanol–water partition coefficient (Wildman–Crippen LogP) is 3.48. The molecule has 1 fully saturated rings. The predicted molar refractivity (Wildman–Crippen MR) is 108 cm³/mol. The lowest BCUT2D eigenvalue weighted by molar-refractivity contribution is 0.0596. The van der Waals surface area contributed by atoms with Crippen LogP contribution < -0.4 is 4.90 Å². The minimum atomic E-state index is -0.300. The summed E-state index contributed by atoms with van der Waals surface area (Å²) in [6.45, 7) is 7.44. The maximum atomic E-state index is 13.1. The van der Waals surface area contributed by atoms with Gasteiger partial charge in [-0.15, -0.1) is 0 Å². The smallest absolute Gasteiger partial charge is 0.293 e. The third-order valence-electron chi connectivity index (χ3n) is 4.92. The van der Waals surface area contributed by atoms with Crippen LogP contribution in [-0.2, 0) is 0 Å². The highest BCUT2D eigenvalue weighted by atomic mass is 79.9. The largest absolute Gasteiger partial charge is 0.444 e. The molecule has 1 aliphatic rings. The Kier molecular flexibility index (Phi) is 6.01. The SMILES string of the molecule is CC(C)N1CCN(C(=O)c2ccccc2N(C)C(=O)c2ccc(Br)o2)CC1. The van der Waals surface area contributed by atoms with E-state index in [1.807, 2.05) is 17.0 Å². The molecule has 0 atom stereocenters. The van der Waals surface area contributed by atoms with Gasteiger partial charge in [-0.1, -0.05) is 12.1 Å². The second kappa shape index (κ2) is 8.27. The number of benzene rings is 1. The quantitative estimate of drug-likeness (QED) is 0.740. The number of carbonyl (C=O) groups is 2. The van der Waals surface area contributed by atoms with E-state index in [1.165, 1.54) is 4.90 Å². The van der Waals surface area contributed by atoms with Gasteiger partial charge in [0.1, 0.15) is 0 Å². The fourth-order valence-electron chi connectivity index (χ4n) is 3.26.